The molecule has 0 heterocycles. The van der Waals surface area contributed by atoms with E-state index in [0.717, 1.165) is 5.56 Å². The zero-order chi connectivity index (χ0) is 22.9. The minimum Gasteiger partial charge on any atom is -0.405 e. The fraction of sp³-hybridized carbons (Fsp3) is 0.364. The molecular formula is C22H28F3IN4O2. The number of nitrogens with zero attached hydrogens (tertiary/aromatic N) is 2. The molecule has 2 N–H and O–H groups in total. The van der Waals surface area contributed by atoms with Crippen molar-refractivity contribution in [2.75, 3.05) is 27.2 Å². The maximum Gasteiger partial charge on any atom is 0.573 e. The van der Waals surface area contributed by atoms with E-state index < -0.39 is 6.36 Å². The van der Waals surface area contributed by atoms with Crippen molar-refractivity contribution in [3.63, 3.8) is 0 Å². The zero-order valence-electron chi connectivity index (χ0n) is 18.2. The number of hydrogen-bond acceptors (Lipinski definition) is 3. The van der Waals surface area contributed by atoms with Crippen LogP contribution < -0.4 is 15.4 Å². The summed E-state index contributed by atoms with van der Waals surface area (Å²) >= 11 is 0. The van der Waals surface area contributed by atoms with Gasteiger partial charge < -0.3 is 20.3 Å². The molecule has 0 unspecified atom stereocenters. The van der Waals surface area contributed by atoms with Crippen LogP contribution in [0.25, 0.3) is 0 Å². The molecular weight excluding hydrogens is 536 g/mol. The van der Waals surface area contributed by atoms with Gasteiger partial charge in [0.2, 0.25) is 0 Å². The second-order valence-electron chi connectivity index (χ2n) is 6.93. The first-order chi connectivity index (χ1) is 14.7. The molecule has 0 radical (unpaired) electrons. The fourth-order valence-electron chi connectivity index (χ4n) is 2.81. The topological polar surface area (TPSA) is 66.0 Å². The lowest BCUT2D eigenvalue weighted by Crippen LogP contribution is -2.38. The lowest BCUT2D eigenvalue weighted by atomic mass is 10.1. The summed E-state index contributed by atoms with van der Waals surface area (Å²) in [7, 11) is 3.40. The molecule has 0 saturated carbocycles. The molecule has 0 fully saturated rings. The van der Waals surface area contributed by atoms with E-state index in [0.29, 0.717) is 36.6 Å². The molecule has 0 aromatic heterocycles. The average Bonchev–Trinajstić information content (AvgIpc) is 2.71. The highest BCUT2D eigenvalue weighted by Crippen LogP contribution is 2.26. The highest BCUT2D eigenvalue weighted by Gasteiger charge is 2.31. The van der Waals surface area contributed by atoms with Gasteiger partial charge in [0.15, 0.2) is 5.96 Å². The Bertz CT molecular complexity index is 905. The van der Waals surface area contributed by atoms with Crippen molar-refractivity contribution in [1.29, 1.82) is 0 Å². The molecule has 1 amide bonds. The number of aliphatic imine (C=N–C) groups is 1. The van der Waals surface area contributed by atoms with Gasteiger partial charge in [-0.25, -0.2) is 4.99 Å². The summed E-state index contributed by atoms with van der Waals surface area (Å²) in [6.45, 7) is 3.05. The first-order valence-corrected chi connectivity index (χ1v) is 9.86. The highest BCUT2D eigenvalue weighted by molar-refractivity contribution is 14.0. The van der Waals surface area contributed by atoms with Crippen LogP contribution in [0.5, 0.6) is 5.75 Å². The van der Waals surface area contributed by atoms with Crippen LogP contribution >= 0.6 is 24.0 Å². The molecule has 0 aliphatic carbocycles. The van der Waals surface area contributed by atoms with E-state index in [-0.39, 0.29) is 42.2 Å². The molecule has 0 aliphatic rings. The van der Waals surface area contributed by atoms with E-state index in [4.69, 9.17) is 0 Å². The van der Waals surface area contributed by atoms with Crippen LogP contribution in [0, 0.1) is 0 Å². The number of nitrogens with one attached hydrogen (secondary N) is 2. The van der Waals surface area contributed by atoms with E-state index in [2.05, 4.69) is 20.4 Å². The molecule has 10 heteroatoms. The number of halogens is 4. The van der Waals surface area contributed by atoms with Crippen molar-refractivity contribution in [3.05, 3.63) is 65.2 Å². The summed E-state index contributed by atoms with van der Waals surface area (Å²) < 4.78 is 41.8. The number of benzene rings is 2. The lowest BCUT2D eigenvalue weighted by Gasteiger charge is -2.14. The Morgan fingerprint density at radius 2 is 1.81 bits per heavy atom. The van der Waals surface area contributed by atoms with E-state index in [1.165, 1.54) is 17.0 Å². The van der Waals surface area contributed by atoms with Gasteiger partial charge in [0, 0.05) is 38.3 Å². The number of hydrogen-bond donors (Lipinski definition) is 2. The second kappa shape index (κ2) is 13.1. The van der Waals surface area contributed by atoms with Gasteiger partial charge in [-0.05, 0) is 37.1 Å². The number of rotatable bonds is 8. The number of alkyl halides is 3. The monoisotopic (exact) mass is 564 g/mol. The molecule has 32 heavy (non-hydrogen) atoms. The fourth-order valence-corrected chi connectivity index (χ4v) is 2.81. The summed E-state index contributed by atoms with van der Waals surface area (Å²) in [5, 5.41) is 6.23. The molecule has 2 aromatic rings. The molecule has 0 atom stereocenters. The third kappa shape index (κ3) is 9.33. The smallest absolute Gasteiger partial charge is 0.405 e. The lowest BCUT2D eigenvalue weighted by molar-refractivity contribution is -0.274. The normalized spacial score (nSPS) is 11.4. The van der Waals surface area contributed by atoms with Gasteiger partial charge in [-0.1, -0.05) is 30.3 Å². The second-order valence-corrected chi connectivity index (χ2v) is 6.93. The third-order valence-electron chi connectivity index (χ3n) is 4.24. The van der Waals surface area contributed by atoms with Gasteiger partial charge in [-0.2, -0.15) is 0 Å². The van der Waals surface area contributed by atoms with Crippen molar-refractivity contribution in [1.82, 2.24) is 15.5 Å². The SMILES string of the molecule is CCNC(=NCc1ccccc1OC(F)(F)F)NCCc1cccc(C(=O)N(C)C)c1.I. The molecule has 2 rings (SSSR count). The Balaban J connectivity index is 0.00000512. The van der Waals surface area contributed by atoms with Crippen molar-refractivity contribution in [2.24, 2.45) is 4.99 Å². The highest BCUT2D eigenvalue weighted by atomic mass is 127. The molecule has 0 aliphatic heterocycles. The summed E-state index contributed by atoms with van der Waals surface area (Å²) in [6, 6.07) is 13.3. The molecule has 176 valence electrons. The Morgan fingerprint density at radius 1 is 1.09 bits per heavy atom. The maximum atomic E-state index is 12.6. The van der Waals surface area contributed by atoms with Crippen LogP contribution in [0.4, 0.5) is 13.2 Å². The third-order valence-corrected chi connectivity index (χ3v) is 4.24. The number of carbonyl (C=O) groups excluding carboxylic acids is 1. The Labute approximate surface area is 203 Å². The van der Waals surface area contributed by atoms with Gasteiger partial charge in [0.05, 0.1) is 6.54 Å². The van der Waals surface area contributed by atoms with Crippen molar-refractivity contribution in [3.8, 4) is 5.75 Å². The number of para-hydroxylation sites is 1. The maximum absolute atomic E-state index is 12.6. The Hall–Kier alpha value is -2.50. The quantitative estimate of drug-likeness (QED) is 0.287. The molecule has 2 aromatic carbocycles. The van der Waals surface area contributed by atoms with Crippen LogP contribution in [-0.4, -0.2) is 50.3 Å². The van der Waals surface area contributed by atoms with Crippen LogP contribution in [0.1, 0.15) is 28.4 Å². The number of carbonyl (C=O) groups is 1. The summed E-state index contributed by atoms with van der Waals surface area (Å²) in [4.78, 5) is 18.0. The van der Waals surface area contributed by atoms with Crippen LogP contribution in [0.15, 0.2) is 53.5 Å². The number of guanidine groups is 1. The average molecular weight is 564 g/mol. The van der Waals surface area contributed by atoms with Crippen molar-refractivity contribution in [2.45, 2.75) is 26.3 Å². The Morgan fingerprint density at radius 3 is 2.47 bits per heavy atom. The van der Waals surface area contributed by atoms with Gasteiger partial charge >= 0.3 is 6.36 Å². The standard InChI is InChI=1S/C22H27F3N4O2.HI/c1-4-26-21(28-15-18-9-5-6-11-19(18)31-22(23,24)25)27-13-12-16-8-7-10-17(14-16)20(30)29(2)3;/h5-11,14H,4,12-13,15H2,1-3H3,(H2,26,27,28);1H. The molecule has 0 spiro atoms. The van der Waals surface area contributed by atoms with Gasteiger partial charge in [-0.15, -0.1) is 37.1 Å². The van der Waals surface area contributed by atoms with Crippen LogP contribution in [0.3, 0.4) is 0 Å². The molecule has 0 saturated heterocycles. The first-order valence-electron chi connectivity index (χ1n) is 9.86. The predicted molar refractivity (Wildman–Crippen MR) is 130 cm³/mol. The van der Waals surface area contributed by atoms with Crippen molar-refractivity contribution < 1.29 is 22.7 Å². The largest absolute Gasteiger partial charge is 0.573 e. The minimum atomic E-state index is -4.76. The summed E-state index contributed by atoms with van der Waals surface area (Å²) in [6.07, 6.45) is -4.11. The molecule has 6 nitrogen and oxygen atoms in total. The van der Waals surface area contributed by atoms with Gasteiger partial charge in [0.1, 0.15) is 5.75 Å². The molecule has 0 bridgehead atoms. The number of ether oxygens (including phenoxy) is 1. The number of amides is 1. The Kier molecular flexibility index (Phi) is 11.3. The summed E-state index contributed by atoms with van der Waals surface area (Å²) in [5.74, 6) is 0.145. The predicted octanol–water partition coefficient (Wildman–Crippen LogP) is 4.20. The summed E-state index contributed by atoms with van der Waals surface area (Å²) in [5.41, 5.74) is 1.93. The van der Waals surface area contributed by atoms with Gasteiger partial charge in [0.25, 0.3) is 5.91 Å². The van der Waals surface area contributed by atoms with Gasteiger partial charge in [-0.3, -0.25) is 4.79 Å². The minimum absolute atomic E-state index is 0. The van der Waals surface area contributed by atoms with Crippen LogP contribution in [0.2, 0.25) is 0 Å². The first kappa shape index (κ1) is 27.5. The van der Waals surface area contributed by atoms with Crippen molar-refractivity contribution >= 4 is 35.8 Å². The van der Waals surface area contributed by atoms with E-state index in [9.17, 15) is 18.0 Å². The van der Waals surface area contributed by atoms with E-state index in [1.807, 2.05) is 25.1 Å². The van der Waals surface area contributed by atoms with Crippen LogP contribution in [-0.2, 0) is 13.0 Å². The van der Waals surface area contributed by atoms with E-state index >= 15 is 0 Å². The van der Waals surface area contributed by atoms with E-state index in [1.54, 1.807) is 32.3 Å². The zero-order valence-corrected chi connectivity index (χ0v) is 20.5.